The van der Waals surface area contributed by atoms with Crippen molar-refractivity contribution in [2.45, 2.75) is 56.1 Å². The second-order valence-corrected chi connectivity index (χ2v) is 8.01. The van der Waals surface area contributed by atoms with Crippen LogP contribution in [0.25, 0.3) is 5.69 Å². The molecule has 0 radical (unpaired) electrons. The maximum absolute atomic E-state index is 12.3. The quantitative estimate of drug-likeness (QED) is 0.781. The molecule has 1 aromatic heterocycles. The topological polar surface area (TPSA) is 70.7 Å². The molecule has 1 saturated carbocycles. The van der Waals surface area contributed by atoms with Gasteiger partial charge in [0.15, 0.2) is 5.16 Å². The molecular weight excluding hydrogens is 344 g/mol. The third-order valence-corrected chi connectivity index (χ3v) is 5.79. The van der Waals surface area contributed by atoms with Crippen LogP contribution in [0.3, 0.4) is 0 Å². The first-order valence-corrected chi connectivity index (χ1v) is 10.0. The molecule has 6 heteroatoms. The summed E-state index contributed by atoms with van der Waals surface area (Å²) in [5.41, 5.74) is 1.65. The number of imidazole rings is 1. The third-order valence-electron chi connectivity index (χ3n) is 4.83. The van der Waals surface area contributed by atoms with E-state index in [9.17, 15) is 10.1 Å². The van der Waals surface area contributed by atoms with Crippen LogP contribution in [0.1, 0.15) is 51.0 Å². The van der Waals surface area contributed by atoms with Gasteiger partial charge in [-0.25, -0.2) is 4.98 Å². The van der Waals surface area contributed by atoms with Gasteiger partial charge < -0.3 is 5.32 Å². The minimum absolute atomic E-state index is 0.108. The van der Waals surface area contributed by atoms with Gasteiger partial charge in [0.25, 0.3) is 0 Å². The van der Waals surface area contributed by atoms with E-state index in [2.05, 4.69) is 54.5 Å². The molecule has 2 aromatic rings. The van der Waals surface area contributed by atoms with Crippen molar-refractivity contribution in [1.29, 1.82) is 5.26 Å². The average Bonchev–Trinajstić information content (AvgIpc) is 3.30. The molecule has 1 aromatic carbocycles. The van der Waals surface area contributed by atoms with Crippen molar-refractivity contribution in [3.63, 3.8) is 0 Å². The third kappa shape index (κ3) is 4.10. The van der Waals surface area contributed by atoms with Gasteiger partial charge in [0, 0.05) is 18.1 Å². The molecule has 0 spiro atoms. The van der Waals surface area contributed by atoms with E-state index < -0.39 is 5.54 Å². The van der Waals surface area contributed by atoms with Crippen molar-refractivity contribution in [2.24, 2.45) is 0 Å². The predicted molar refractivity (Wildman–Crippen MR) is 103 cm³/mol. The minimum atomic E-state index is -0.667. The normalized spacial score (nSPS) is 15.8. The highest BCUT2D eigenvalue weighted by molar-refractivity contribution is 7.99. The molecule has 0 atom stereocenters. The lowest BCUT2D eigenvalue weighted by atomic mass is 10.0. The molecule has 5 nitrogen and oxygen atoms in total. The van der Waals surface area contributed by atoms with E-state index in [1.807, 2.05) is 10.8 Å². The van der Waals surface area contributed by atoms with Gasteiger partial charge in [0.1, 0.15) is 5.54 Å². The van der Waals surface area contributed by atoms with Crippen LogP contribution in [-0.4, -0.2) is 26.8 Å². The SMILES string of the molecule is CC(C)c1ccc(-n2ccnc2SCC(=O)NC2(C#N)CCCC2)cc1. The molecule has 1 heterocycles. The molecule has 0 unspecified atom stereocenters. The van der Waals surface area contributed by atoms with Gasteiger partial charge in [-0.1, -0.05) is 37.7 Å². The number of thioether (sulfide) groups is 1. The molecule has 136 valence electrons. The Balaban J connectivity index is 1.64. The molecule has 0 aliphatic heterocycles. The summed E-state index contributed by atoms with van der Waals surface area (Å²) in [6.07, 6.45) is 7.13. The highest BCUT2D eigenvalue weighted by atomic mass is 32.2. The van der Waals surface area contributed by atoms with Crippen molar-refractivity contribution in [3.05, 3.63) is 42.2 Å². The fourth-order valence-electron chi connectivity index (χ4n) is 3.29. The zero-order chi connectivity index (χ0) is 18.6. The molecular formula is C20H24N4OS. The van der Waals surface area contributed by atoms with E-state index in [0.29, 0.717) is 5.92 Å². The number of nitriles is 1. The Morgan fingerprint density at radius 1 is 1.35 bits per heavy atom. The number of amides is 1. The lowest BCUT2D eigenvalue weighted by molar-refractivity contribution is -0.119. The summed E-state index contributed by atoms with van der Waals surface area (Å²) < 4.78 is 1.98. The summed E-state index contributed by atoms with van der Waals surface area (Å²) in [4.78, 5) is 16.7. The number of rotatable bonds is 6. The Labute approximate surface area is 158 Å². The van der Waals surface area contributed by atoms with E-state index in [1.54, 1.807) is 6.20 Å². The first kappa shape index (κ1) is 18.5. The second kappa shape index (κ2) is 7.96. The average molecular weight is 369 g/mol. The van der Waals surface area contributed by atoms with Crippen LogP contribution in [0.4, 0.5) is 0 Å². The molecule has 3 rings (SSSR count). The molecule has 1 amide bonds. The summed E-state index contributed by atoms with van der Waals surface area (Å²) >= 11 is 1.39. The molecule has 0 saturated heterocycles. The smallest absolute Gasteiger partial charge is 0.231 e. The largest absolute Gasteiger partial charge is 0.337 e. The molecule has 1 fully saturated rings. The second-order valence-electron chi connectivity index (χ2n) is 7.06. The molecule has 1 aliphatic rings. The van der Waals surface area contributed by atoms with Crippen LogP contribution < -0.4 is 5.32 Å². The van der Waals surface area contributed by atoms with Gasteiger partial charge in [-0.15, -0.1) is 0 Å². The number of benzene rings is 1. The van der Waals surface area contributed by atoms with E-state index in [0.717, 1.165) is 36.5 Å². The van der Waals surface area contributed by atoms with Crippen LogP contribution in [0.2, 0.25) is 0 Å². The predicted octanol–water partition coefficient (Wildman–Crippen LogP) is 4.04. The van der Waals surface area contributed by atoms with Crippen LogP contribution in [0.5, 0.6) is 0 Å². The summed E-state index contributed by atoms with van der Waals surface area (Å²) in [7, 11) is 0. The maximum Gasteiger partial charge on any atom is 0.231 e. The van der Waals surface area contributed by atoms with Gasteiger partial charge in [0.2, 0.25) is 5.91 Å². The highest BCUT2D eigenvalue weighted by Gasteiger charge is 2.35. The summed E-state index contributed by atoms with van der Waals surface area (Å²) in [6, 6.07) is 10.7. The Morgan fingerprint density at radius 3 is 2.65 bits per heavy atom. The number of nitrogens with one attached hydrogen (secondary N) is 1. The Morgan fingerprint density at radius 2 is 2.04 bits per heavy atom. The standard InChI is InChI=1S/C20H24N4OS/c1-15(2)16-5-7-17(8-6-16)24-12-11-22-19(24)26-13-18(25)23-20(14-21)9-3-4-10-20/h5-8,11-12,15H,3-4,9-10,13H2,1-2H3,(H,23,25). The van der Waals surface area contributed by atoms with Crippen molar-refractivity contribution < 1.29 is 4.79 Å². The van der Waals surface area contributed by atoms with Gasteiger partial charge in [-0.3, -0.25) is 9.36 Å². The number of carbonyl (C=O) groups excluding carboxylic acids is 1. The van der Waals surface area contributed by atoms with Crippen molar-refractivity contribution in [2.75, 3.05) is 5.75 Å². The van der Waals surface area contributed by atoms with E-state index >= 15 is 0 Å². The molecule has 1 aliphatic carbocycles. The molecule has 0 bridgehead atoms. The minimum Gasteiger partial charge on any atom is -0.337 e. The summed E-state index contributed by atoms with van der Waals surface area (Å²) in [5.74, 6) is 0.639. The monoisotopic (exact) mass is 368 g/mol. The lowest BCUT2D eigenvalue weighted by Gasteiger charge is -2.21. The molecule has 1 N–H and O–H groups in total. The Hall–Kier alpha value is -2.26. The van der Waals surface area contributed by atoms with Crippen LogP contribution in [0.15, 0.2) is 41.8 Å². The summed E-state index contributed by atoms with van der Waals surface area (Å²) in [5, 5.41) is 13.1. The number of nitrogens with zero attached hydrogens (tertiary/aromatic N) is 3. The van der Waals surface area contributed by atoms with Gasteiger partial charge in [-0.2, -0.15) is 5.26 Å². The lowest BCUT2D eigenvalue weighted by Crippen LogP contribution is -2.45. The van der Waals surface area contributed by atoms with Gasteiger partial charge in [-0.05, 0) is 49.3 Å². The fourth-order valence-corrected chi connectivity index (χ4v) is 4.06. The number of hydrogen-bond donors (Lipinski definition) is 1. The van der Waals surface area contributed by atoms with Crippen LogP contribution in [0, 0.1) is 11.3 Å². The van der Waals surface area contributed by atoms with Crippen molar-refractivity contribution in [3.8, 4) is 11.8 Å². The van der Waals surface area contributed by atoms with E-state index in [1.165, 1.54) is 17.3 Å². The van der Waals surface area contributed by atoms with Crippen molar-refractivity contribution >= 4 is 17.7 Å². The first-order valence-electron chi connectivity index (χ1n) is 9.02. The Kier molecular flexibility index (Phi) is 5.67. The van der Waals surface area contributed by atoms with Crippen molar-refractivity contribution in [1.82, 2.24) is 14.9 Å². The fraction of sp³-hybridized carbons (Fsp3) is 0.450. The highest BCUT2D eigenvalue weighted by Crippen LogP contribution is 2.29. The van der Waals surface area contributed by atoms with Crippen LogP contribution in [-0.2, 0) is 4.79 Å². The maximum atomic E-state index is 12.3. The van der Waals surface area contributed by atoms with E-state index in [4.69, 9.17) is 0 Å². The number of aromatic nitrogens is 2. The number of carbonyl (C=O) groups is 1. The zero-order valence-electron chi connectivity index (χ0n) is 15.2. The first-order chi connectivity index (χ1) is 12.5. The number of hydrogen-bond acceptors (Lipinski definition) is 4. The Bertz CT molecular complexity index is 798. The van der Waals surface area contributed by atoms with Gasteiger partial charge >= 0.3 is 0 Å². The molecule has 26 heavy (non-hydrogen) atoms. The zero-order valence-corrected chi connectivity index (χ0v) is 16.1. The summed E-state index contributed by atoms with van der Waals surface area (Å²) in [6.45, 7) is 4.34. The van der Waals surface area contributed by atoms with Crippen LogP contribution >= 0.6 is 11.8 Å². The van der Waals surface area contributed by atoms with Gasteiger partial charge in [0.05, 0.1) is 11.8 Å². The van der Waals surface area contributed by atoms with E-state index in [-0.39, 0.29) is 11.7 Å².